The molecule has 0 fully saturated rings. The van der Waals surface area contributed by atoms with Gasteiger partial charge in [-0.25, -0.2) is 0 Å². The zero-order valence-electron chi connectivity index (χ0n) is 9.62. The Labute approximate surface area is 91.2 Å². The zero-order valence-corrected chi connectivity index (χ0v) is 9.62. The molecule has 0 radical (unpaired) electrons. The second-order valence-electron chi connectivity index (χ2n) is 3.62. The molecule has 0 aromatic carbocycles. The van der Waals surface area contributed by atoms with Crippen LogP contribution in [0.2, 0.25) is 0 Å². The first kappa shape index (κ1) is 14.1. The van der Waals surface area contributed by atoms with Crippen LogP contribution in [-0.2, 0) is 14.3 Å². The summed E-state index contributed by atoms with van der Waals surface area (Å²) in [6.45, 7) is 3.95. The van der Waals surface area contributed by atoms with E-state index in [1.807, 2.05) is 0 Å². The third-order valence-electron chi connectivity index (χ3n) is 2.28. The number of unbranched alkanes of at least 4 members (excludes halogenated alkanes) is 3. The maximum atomic E-state index is 11.3. The summed E-state index contributed by atoms with van der Waals surface area (Å²) in [6.07, 6.45) is 4.22. The number of Topliss-reactive ketones (excluding diaryl/α,β-unsaturated/α-hetero) is 1. The normalized spacial score (nSPS) is 12.2. The average molecular weight is 215 g/mol. The van der Waals surface area contributed by atoms with Crippen LogP contribution >= 0.6 is 0 Å². The average Bonchev–Trinajstić information content (AvgIpc) is 2.26. The molecule has 0 spiro atoms. The molecule has 88 valence electrons. The van der Waals surface area contributed by atoms with E-state index in [-0.39, 0.29) is 12.3 Å². The summed E-state index contributed by atoms with van der Waals surface area (Å²) < 4.78 is 4.96. The topological polar surface area (TPSA) is 69.4 Å². The maximum Gasteiger partial charge on any atom is 0.316 e. The predicted molar refractivity (Wildman–Crippen MR) is 58.3 cm³/mol. The van der Waals surface area contributed by atoms with Gasteiger partial charge in [0.25, 0.3) is 0 Å². The van der Waals surface area contributed by atoms with Crippen molar-refractivity contribution >= 4 is 11.8 Å². The van der Waals surface area contributed by atoms with Crippen molar-refractivity contribution in [3.05, 3.63) is 0 Å². The molecular formula is C11H21NO3. The summed E-state index contributed by atoms with van der Waals surface area (Å²) >= 11 is 0. The van der Waals surface area contributed by atoms with Crippen LogP contribution in [0.1, 0.15) is 39.5 Å². The quantitative estimate of drug-likeness (QED) is 0.376. The van der Waals surface area contributed by atoms with Crippen molar-refractivity contribution in [3.8, 4) is 0 Å². The van der Waals surface area contributed by atoms with E-state index in [0.717, 1.165) is 25.7 Å². The van der Waals surface area contributed by atoms with Crippen LogP contribution in [0.4, 0.5) is 0 Å². The number of hydrogen-bond acceptors (Lipinski definition) is 4. The van der Waals surface area contributed by atoms with Gasteiger partial charge in [0.05, 0.1) is 13.2 Å². The Hall–Kier alpha value is -0.900. The predicted octanol–water partition coefficient (Wildman–Crippen LogP) is 1.27. The maximum absolute atomic E-state index is 11.3. The lowest BCUT2D eigenvalue weighted by Gasteiger charge is -2.09. The number of ketones is 1. The van der Waals surface area contributed by atoms with E-state index < -0.39 is 11.9 Å². The number of nitrogens with two attached hydrogens (primary N) is 1. The lowest BCUT2D eigenvalue weighted by atomic mass is 10.1. The van der Waals surface area contributed by atoms with Crippen LogP contribution < -0.4 is 5.73 Å². The van der Waals surface area contributed by atoms with Gasteiger partial charge in [-0.2, -0.15) is 0 Å². The van der Waals surface area contributed by atoms with Crippen molar-refractivity contribution in [1.82, 2.24) is 0 Å². The van der Waals surface area contributed by atoms with Crippen LogP contribution in [0.3, 0.4) is 0 Å². The molecule has 15 heavy (non-hydrogen) atoms. The van der Waals surface area contributed by atoms with Crippen LogP contribution in [0, 0.1) is 5.92 Å². The van der Waals surface area contributed by atoms with Gasteiger partial charge in [-0.3, -0.25) is 9.59 Å². The Morgan fingerprint density at radius 2 is 1.93 bits per heavy atom. The standard InChI is InChI=1S/C11H21NO3/c1-3-4-5-6-7-15-11(14)9(2)10(13)8-12/h9H,3-8,12H2,1-2H3. The van der Waals surface area contributed by atoms with Gasteiger partial charge in [-0.15, -0.1) is 0 Å². The number of ether oxygens (including phenoxy) is 1. The Balaban J connectivity index is 3.60. The number of carbonyl (C=O) groups is 2. The highest BCUT2D eigenvalue weighted by Crippen LogP contribution is 2.03. The van der Waals surface area contributed by atoms with Gasteiger partial charge in [0.1, 0.15) is 5.92 Å². The number of hydrogen-bond donors (Lipinski definition) is 1. The van der Waals surface area contributed by atoms with E-state index in [1.54, 1.807) is 0 Å². The van der Waals surface area contributed by atoms with Crippen molar-refractivity contribution in [2.24, 2.45) is 11.7 Å². The molecule has 1 atom stereocenters. The van der Waals surface area contributed by atoms with Crippen LogP contribution in [-0.4, -0.2) is 24.9 Å². The van der Waals surface area contributed by atoms with E-state index in [1.165, 1.54) is 6.92 Å². The number of carbonyl (C=O) groups excluding carboxylic acids is 2. The van der Waals surface area contributed by atoms with E-state index >= 15 is 0 Å². The molecular weight excluding hydrogens is 194 g/mol. The molecule has 0 aliphatic carbocycles. The summed E-state index contributed by atoms with van der Waals surface area (Å²) in [6, 6.07) is 0. The molecule has 0 heterocycles. The fourth-order valence-corrected chi connectivity index (χ4v) is 1.13. The Bertz CT molecular complexity index is 204. The molecule has 0 rings (SSSR count). The molecule has 1 unspecified atom stereocenters. The molecule has 4 nitrogen and oxygen atoms in total. The van der Waals surface area contributed by atoms with Crippen molar-refractivity contribution in [2.45, 2.75) is 39.5 Å². The van der Waals surface area contributed by atoms with Gasteiger partial charge in [0, 0.05) is 0 Å². The molecule has 0 saturated heterocycles. The fourth-order valence-electron chi connectivity index (χ4n) is 1.13. The molecule has 0 saturated carbocycles. The molecule has 0 aliphatic heterocycles. The van der Waals surface area contributed by atoms with Gasteiger partial charge in [-0.05, 0) is 13.3 Å². The van der Waals surface area contributed by atoms with Crippen molar-refractivity contribution in [1.29, 1.82) is 0 Å². The summed E-state index contributed by atoms with van der Waals surface area (Å²) in [5.74, 6) is -1.45. The summed E-state index contributed by atoms with van der Waals surface area (Å²) in [7, 11) is 0. The number of esters is 1. The first-order valence-electron chi connectivity index (χ1n) is 5.52. The van der Waals surface area contributed by atoms with E-state index in [2.05, 4.69) is 6.92 Å². The Morgan fingerprint density at radius 1 is 1.27 bits per heavy atom. The van der Waals surface area contributed by atoms with Gasteiger partial charge >= 0.3 is 5.97 Å². The largest absolute Gasteiger partial charge is 0.465 e. The highest BCUT2D eigenvalue weighted by molar-refractivity contribution is 5.99. The van der Waals surface area contributed by atoms with Gasteiger partial charge < -0.3 is 10.5 Å². The first-order valence-corrected chi connectivity index (χ1v) is 5.52. The second kappa shape index (κ2) is 8.41. The van der Waals surface area contributed by atoms with Gasteiger partial charge in [0.2, 0.25) is 0 Å². The molecule has 0 aromatic heterocycles. The molecule has 2 N–H and O–H groups in total. The number of rotatable bonds is 8. The molecule has 0 aromatic rings. The molecule has 0 bridgehead atoms. The minimum Gasteiger partial charge on any atom is -0.465 e. The molecule has 4 heteroatoms. The lowest BCUT2D eigenvalue weighted by molar-refractivity contribution is -0.151. The van der Waals surface area contributed by atoms with E-state index in [9.17, 15) is 9.59 Å². The molecule has 0 aliphatic rings. The van der Waals surface area contributed by atoms with Crippen LogP contribution in [0.5, 0.6) is 0 Å². The Kier molecular flexibility index (Phi) is 7.91. The smallest absolute Gasteiger partial charge is 0.316 e. The highest BCUT2D eigenvalue weighted by Gasteiger charge is 2.20. The summed E-state index contributed by atoms with van der Waals surface area (Å²) in [5.41, 5.74) is 5.15. The van der Waals surface area contributed by atoms with Gasteiger partial charge in [0.15, 0.2) is 5.78 Å². The first-order chi connectivity index (χ1) is 7.13. The lowest BCUT2D eigenvalue weighted by Crippen LogP contribution is -2.29. The minimum absolute atomic E-state index is 0.105. The summed E-state index contributed by atoms with van der Waals surface area (Å²) in [4.78, 5) is 22.3. The SMILES string of the molecule is CCCCCCOC(=O)C(C)C(=O)CN. The minimum atomic E-state index is -0.721. The van der Waals surface area contributed by atoms with Crippen molar-refractivity contribution in [2.75, 3.05) is 13.2 Å². The van der Waals surface area contributed by atoms with E-state index in [4.69, 9.17) is 10.5 Å². The monoisotopic (exact) mass is 215 g/mol. The van der Waals surface area contributed by atoms with Crippen LogP contribution in [0.25, 0.3) is 0 Å². The molecule has 0 amide bonds. The van der Waals surface area contributed by atoms with Crippen molar-refractivity contribution < 1.29 is 14.3 Å². The van der Waals surface area contributed by atoms with Gasteiger partial charge in [-0.1, -0.05) is 26.2 Å². The third kappa shape index (κ3) is 6.23. The van der Waals surface area contributed by atoms with Crippen LogP contribution in [0.15, 0.2) is 0 Å². The van der Waals surface area contributed by atoms with E-state index in [0.29, 0.717) is 6.61 Å². The highest BCUT2D eigenvalue weighted by atomic mass is 16.5. The Morgan fingerprint density at radius 3 is 2.47 bits per heavy atom. The van der Waals surface area contributed by atoms with Crippen molar-refractivity contribution in [3.63, 3.8) is 0 Å². The fraction of sp³-hybridized carbons (Fsp3) is 0.818. The zero-order chi connectivity index (χ0) is 11.7. The second-order valence-corrected chi connectivity index (χ2v) is 3.62. The summed E-state index contributed by atoms with van der Waals surface area (Å²) in [5, 5.41) is 0. The third-order valence-corrected chi connectivity index (χ3v) is 2.28.